The van der Waals surface area contributed by atoms with Crippen LogP contribution in [0.4, 0.5) is 11.4 Å². The largest absolute Gasteiger partial charge is 0.463 e. The van der Waals surface area contributed by atoms with Crippen molar-refractivity contribution < 1.29 is 19.2 Å². The van der Waals surface area contributed by atoms with Gasteiger partial charge in [0.2, 0.25) is 5.91 Å². The van der Waals surface area contributed by atoms with Crippen LogP contribution in [0, 0.1) is 10.1 Å². The Morgan fingerprint density at radius 1 is 1.43 bits per heavy atom. The molecule has 0 saturated carbocycles. The van der Waals surface area contributed by atoms with Gasteiger partial charge in [0.25, 0.3) is 5.69 Å². The summed E-state index contributed by atoms with van der Waals surface area (Å²) in [4.78, 5) is 32.6. The van der Waals surface area contributed by atoms with Gasteiger partial charge in [-0.1, -0.05) is 11.6 Å². The summed E-state index contributed by atoms with van der Waals surface area (Å²) < 4.78 is 4.61. The zero-order chi connectivity index (χ0) is 17.4. The quantitative estimate of drug-likeness (QED) is 0.273. The van der Waals surface area contributed by atoms with Crippen LogP contribution >= 0.6 is 23.8 Å². The highest BCUT2D eigenvalue weighted by molar-refractivity contribution is 7.80. The van der Waals surface area contributed by atoms with Crippen LogP contribution in [-0.4, -0.2) is 28.5 Å². The molecule has 1 rings (SSSR count). The van der Waals surface area contributed by atoms with Gasteiger partial charge in [-0.15, -0.1) is 0 Å². The number of thiocarbonyl (C=S) groups is 1. The molecule has 0 bridgehead atoms. The molecule has 0 aliphatic heterocycles. The number of amides is 1. The van der Waals surface area contributed by atoms with Crippen LogP contribution in [0.1, 0.15) is 6.92 Å². The second kappa shape index (κ2) is 8.81. The maximum absolute atomic E-state index is 11.5. The number of nitro benzene ring substituents is 1. The number of benzene rings is 1. The Bertz CT molecular complexity index is 678. The van der Waals surface area contributed by atoms with Crippen molar-refractivity contribution in [3.05, 3.63) is 45.5 Å². The number of esters is 1. The normalized spacial score (nSPS) is 10.2. The molecule has 0 radical (unpaired) electrons. The van der Waals surface area contributed by atoms with E-state index in [1.807, 2.05) is 0 Å². The fourth-order valence-electron chi connectivity index (χ4n) is 1.36. The number of rotatable bonds is 5. The molecule has 0 atom stereocenters. The average molecular weight is 358 g/mol. The monoisotopic (exact) mass is 357 g/mol. The molecule has 0 aliphatic rings. The molecule has 8 nitrogen and oxygen atoms in total. The van der Waals surface area contributed by atoms with Crippen molar-refractivity contribution in [1.82, 2.24) is 5.32 Å². The number of hydrogen-bond acceptors (Lipinski definition) is 6. The minimum absolute atomic E-state index is 0.0675. The minimum atomic E-state index is -0.653. The number of nitro groups is 1. The first-order valence-corrected chi connectivity index (χ1v) is 7.02. The van der Waals surface area contributed by atoms with Gasteiger partial charge in [-0.2, -0.15) is 0 Å². The highest BCUT2D eigenvalue weighted by Gasteiger charge is 2.11. The Morgan fingerprint density at radius 2 is 2.13 bits per heavy atom. The van der Waals surface area contributed by atoms with Crippen molar-refractivity contribution in [1.29, 1.82) is 0 Å². The van der Waals surface area contributed by atoms with Gasteiger partial charge in [0.15, 0.2) is 5.11 Å². The number of hydrogen-bond donors (Lipinski definition) is 2. The third-order valence-corrected chi connectivity index (χ3v) is 2.82. The Kier molecular flexibility index (Phi) is 7.10. The van der Waals surface area contributed by atoms with Crippen LogP contribution in [0.3, 0.4) is 0 Å². The summed E-state index contributed by atoms with van der Waals surface area (Å²) in [5, 5.41) is 15.5. The molecule has 1 aromatic rings. The molecule has 0 unspecified atom stereocenters. The molecule has 0 heterocycles. The summed E-state index contributed by atoms with van der Waals surface area (Å²) >= 11 is 10.8. The summed E-state index contributed by atoms with van der Waals surface area (Å²) in [5.41, 5.74) is 0.116. The lowest BCUT2D eigenvalue weighted by Crippen LogP contribution is -2.33. The Labute approximate surface area is 141 Å². The van der Waals surface area contributed by atoms with Crippen LogP contribution in [0.15, 0.2) is 30.4 Å². The van der Waals surface area contributed by atoms with E-state index in [4.69, 9.17) is 23.8 Å². The van der Waals surface area contributed by atoms with E-state index in [0.29, 0.717) is 0 Å². The van der Waals surface area contributed by atoms with Crippen LogP contribution in [0.5, 0.6) is 0 Å². The number of nitrogens with one attached hydrogen (secondary N) is 2. The third-order valence-electron chi connectivity index (χ3n) is 2.31. The number of non-ortho nitro benzene ring substituents is 1. The predicted octanol–water partition coefficient (Wildman–Crippen LogP) is 2.18. The van der Waals surface area contributed by atoms with Gasteiger partial charge in [0.05, 0.1) is 22.2 Å². The maximum Gasteiger partial charge on any atom is 0.330 e. The van der Waals surface area contributed by atoms with Gasteiger partial charge < -0.3 is 10.1 Å². The summed E-state index contributed by atoms with van der Waals surface area (Å²) in [6, 6.07) is 3.74. The van der Waals surface area contributed by atoms with Crippen molar-refractivity contribution in [2.24, 2.45) is 0 Å². The lowest BCUT2D eigenvalue weighted by atomic mass is 10.3. The number of halogens is 1. The molecule has 0 spiro atoms. The van der Waals surface area contributed by atoms with E-state index in [1.165, 1.54) is 12.1 Å². The van der Waals surface area contributed by atoms with Gasteiger partial charge in [-0.3, -0.25) is 20.2 Å². The van der Waals surface area contributed by atoms with Crippen LogP contribution in [0.2, 0.25) is 5.02 Å². The van der Waals surface area contributed by atoms with Crippen LogP contribution in [0.25, 0.3) is 0 Å². The smallest absolute Gasteiger partial charge is 0.330 e. The van der Waals surface area contributed by atoms with E-state index in [2.05, 4.69) is 15.4 Å². The first-order valence-electron chi connectivity index (χ1n) is 6.24. The van der Waals surface area contributed by atoms with Gasteiger partial charge in [0, 0.05) is 24.3 Å². The van der Waals surface area contributed by atoms with E-state index in [9.17, 15) is 19.7 Å². The molecule has 10 heteroatoms. The molecule has 1 amide bonds. The fraction of sp³-hybridized carbons (Fsp3) is 0.154. The molecule has 122 valence electrons. The average Bonchev–Trinajstić information content (AvgIpc) is 2.47. The number of carbonyl (C=O) groups excluding carboxylic acids is 2. The molecule has 1 aromatic carbocycles. The zero-order valence-electron chi connectivity index (χ0n) is 11.9. The van der Waals surface area contributed by atoms with Crippen molar-refractivity contribution >= 4 is 52.2 Å². The van der Waals surface area contributed by atoms with E-state index >= 15 is 0 Å². The summed E-state index contributed by atoms with van der Waals surface area (Å²) in [6.07, 6.45) is 1.92. The first kappa shape index (κ1) is 18.5. The molecular weight excluding hydrogens is 346 g/mol. The topological polar surface area (TPSA) is 111 Å². The van der Waals surface area contributed by atoms with Crippen LogP contribution in [-0.2, 0) is 14.3 Å². The van der Waals surface area contributed by atoms with Crippen LogP contribution < -0.4 is 10.6 Å². The fourth-order valence-corrected chi connectivity index (χ4v) is 1.79. The van der Waals surface area contributed by atoms with E-state index in [1.54, 1.807) is 6.92 Å². The maximum atomic E-state index is 11.5. The summed E-state index contributed by atoms with van der Waals surface area (Å²) in [7, 11) is 0. The lowest BCUT2D eigenvalue weighted by Gasteiger charge is -2.09. The summed E-state index contributed by atoms with van der Waals surface area (Å²) in [5.74, 6) is -1.30. The first-order chi connectivity index (χ1) is 10.8. The second-order valence-electron chi connectivity index (χ2n) is 3.95. The molecule has 0 saturated heterocycles. The van der Waals surface area contributed by atoms with Gasteiger partial charge in [-0.25, -0.2) is 4.79 Å². The number of carbonyl (C=O) groups is 2. The van der Waals surface area contributed by atoms with Crippen molar-refractivity contribution in [2.45, 2.75) is 6.92 Å². The van der Waals surface area contributed by atoms with E-state index < -0.39 is 16.8 Å². The lowest BCUT2D eigenvalue weighted by molar-refractivity contribution is -0.384. The zero-order valence-corrected chi connectivity index (χ0v) is 13.4. The van der Waals surface area contributed by atoms with Gasteiger partial charge >= 0.3 is 5.97 Å². The van der Waals surface area contributed by atoms with Crippen molar-refractivity contribution in [2.75, 3.05) is 11.9 Å². The van der Waals surface area contributed by atoms with Crippen molar-refractivity contribution in [3.8, 4) is 0 Å². The van der Waals surface area contributed by atoms with Gasteiger partial charge in [-0.05, 0) is 25.2 Å². The second-order valence-corrected chi connectivity index (χ2v) is 4.77. The van der Waals surface area contributed by atoms with Gasteiger partial charge in [0.1, 0.15) is 0 Å². The Hall–Kier alpha value is -2.52. The number of nitrogens with zero attached hydrogens (tertiary/aromatic N) is 1. The molecule has 0 fully saturated rings. The number of anilines is 1. The van der Waals surface area contributed by atoms with E-state index in [-0.39, 0.29) is 28.1 Å². The Balaban J connectivity index is 2.61. The van der Waals surface area contributed by atoms with E-state index in [0.717, 1.165) is 18.2 Å². The highest BCUT2D eigenvalue weighted by atomic mass is 35.5. The SMILES string of the molecule is CCOC(=O)C=CC(=O)NC(=S)Nc1ccc([N+](=O)[O-])cc1Cl. The minimum Gasteiger partial charge on any atom is -0.463 e. The molecule has 0 aliphatic carbocycles. The highest BCUT2D eigenvalue weighted by Crippen LogP contribution is 2.26. The summed E-state index contributed by atoms with van der Waals surface area (Å²) in [6.45, 7) is 1.84. The predicted molar refractivity (Wildman–Crippen MR) is 88.2 cm³/mol. The molecular formula is C13H12ClN3O5S. The third kappa shape index (κ3) is 6.41. The van der Waals surface area contributed by atoms with Crippen molar-refractivity contribution in [3.63, 3.8) is 0 Å². The molecule has 0 aromatic heterocycles. The number of ether oxygens (including phenoxy) is 1. The molecule has 23 heavy (non-hydrogen) atoms. The molecule has 2 N–H and O–H groups in total. The Morgan fingerprint density at radius 3 is 2.70 bits per heavy atom. The standard InChI is InChI=1S/C13H12ClN3O5S/c1-2-22-12(19)6-5-11(18)16-13(23)15-10-4-3-8(17(20)21)7-9(10)14/h3-7H,2H2,1H3,(H2,15,16,18,23).